The van der Waals surface area contributed by atoms with Crippen LogP contribution in [0, 0.1) is 0 Å². The third-order valence-electron chi connectivity index (χ3n) is 3.34. The second-order valence-corrected chi connectivity index (χ2v) is 6.48. The highest BCUT2D eigenvalue weighted by Gasteiger charge is 2.08. The standard InChI is InChI=1S/C16H22Cl2N6O.HI/c1-10(2)14-7-12(25-24-14)9-23-16(19-3)21-5-4-20-15-13(18)6-11(17)8-22-15;/h6-8,10H,4-5,9H2,1-3H3,(H,20,22)(H2,19,21,23);1H. The number of aromatic nitrogens is 2. The number of pyridine rings is 1. The molecule has 0 aromatic carbocycles. The van der Waals surface area contributed by atoms with Crippen LogP contribution >= 0.6 is 47.2 Å². The molecule has 0 atom stereocenters. The van der Waals surface area contributed by atoms with Gasteiger partial charge in [0.2, 0.25) is 0 Å². The zero-order valence-electron chi connectivity index (χ0n) is 14.8. The van der Waals surface area contributed by atoms with Crippen molar-refractivity contribution in [2.75, 3.05) is 25.5 Å². The number of anilines is 1. The normalized spacial score (nSPS) is 11.2. The molecule has 0 radical (unpaired) electrons. The number of nitrogens with zero attached hydrogens (tertiary/aromatic N) is 3. The number of hydrogen-bond acceptors (Lipinski definition) is 5. The lowest BCUT2D eigenvalue weighted by atomic mass is 10.1. The molecule has 7 nitrogen and oxygen atoms in total. The fraction of sp³-hybridized carbons (Fsp3) is 0.438. The quantitative estimate of drug-likeness (QED) is 0.226. The van der Waals surface area contributed by atoms with Crippen LogP contribution in [0.2, 0.25) is 10.0 Å². The lowest BCUT2D eigenvalue weighted by molar-refractivity contribution is 0.372. The van der Waals surface area contributed by atoms with Crippen molar-refractivity contribution in [1.82, 2.24) is 20.8 Å². The van der Waals surface area contributed by atoms with Gasteiger partial charge in [-0.1, -0.05) is 42.2 Å². The highest BCUT2D eigenvalue weighted by atomic mass is 127. The molecule has 0 aliphatic rings. The van der Waals surface area contributed by atoms with Crippen LogP contribution in [0.15, 0.2) is 27.8 Å². The average Bonchev–Trinajstić information content (AvgIpc) is 3.05. The highest BCUT2D eigenvalue weighted by molar-refractivity contribution is 14.0. The summed E-state index contributed by atoms with van der Waals surface area (Å²) < 4.78 is 5.29. The summed E-state index contributed by atoms with van der Waals surface area (Å²) in [5, 5.41) is 14.5. The lowest BCUT2D eigenvalue weighted by Crippen LogP contribution is -2.39. The van der Waals surface area contributed by atoms with Crippen LogP contribution in [0.1, 0.15) is 31.2 Å². The fourth-order valence-electron chi connectivity index (χ4n) is 1.98. The molecule has 0 unspecified atom stereocenters. The molecule has 2 aromatic heterocycles. The average molecular weight is 513 g/mol. The second kappa shape index (κ2) is 11.5. The predicted octanol–water partition coefficient (Wildman–Crippen LogP) is 3.89. The van der Waals surface area contributed by atoms with Gasteiger partial charge < -0.3 is 20.5 Å². The number of rotatable bonds is 7. The first kappa shape index (κ1) is 22.8. The topological polar surface area (TPSA) is 87.4 Å². The molecule has 2 rings (SSSR count). The first-order valence-corrected chi connectivity index (χ1v) is 8.70. The van der Waals surface area contributed by atoms with Crippen molar-refractivity contribution in [2.45, 2.75) is 26.3 Å². The van der Waals surface area contributed by atoms with E-state index in [-0.39, 0.29) is 24.0 Å². The van der Waals surface area contributed by atoms with E-state index in [1.165, 1.54) is 0 Å². The summed E-state index contributed by atoms with van der Waals surface area (Å²) in [7, 11) is 1.71. The van der Waals surface area contributed by atoms with E-state index in [1.807, 2.05) is 6.07 Å². The monoisotopic (exact) mass is 512 g/mol. The van der Waals surface area contributed by atoms with Gasteiger partial charge in [0.05, 0.1) is 22.3 Å². The number of hydrogen-bond donors (Lipinski definition) is 3. The maximum Gasteiger partial charge on any atom is 0.191 e. The van der Waals surface area contributed by atoms with E-state index >= 15 is 0 Å². The Labute approximate surface area is 180 Å². The minimum absolute atomic E-state index is 0. The predicted molar refractivity (Wildman–Crippen MR) is 117 cm³/mol. The smallest absolute Gasteiger partial charge is 0.191 e. The van der Waals surface area contributed by atoms with Crippen molar-refractivity contribution in [3.05, 3.63) is 39.8 Å². The molecule has 0 spiro atoms. The van der Waals surface area contributed by atoms with Gasteiger partial charge in [-0.3, -0.25) is 4.99 Å². The van der Waals surface area contributed by atoms with Gasteiger partial charge in [-0.05, 0) is 12.0 Å². The number of guanidine groups is 1. The van der Waals surface area contributed by atoms with Crippen molar-refractivity contribution >= 4 is 59.0 Å². The summed E-state index contributed by atoms with van der Waals surface area (Å²) in [6.45, 7) is 5.91. The minimum Gasteiger partial charge on any atom is -0.367 e. The molecular formula is C16H23Cl2IN6O. The van der Waals surface area contributed by atoms with Crippen LogP contribution in [0.4, 0.5) is 5.82 Å². The molecule has 2 aromatic rings. The molecule has 0 amide bonds. The Balaban J connectivity index is 0.00000338. The van der Waals surface area contributed by atoms with Crippen LogP contribution < -0.4 is 16.0 Å². The van der Waals surface area contributed by atoms with Crippen LogP contribution in [0.25, 0.3) is 0 Å². The first-order chi connectivity index (χ1) is 12.0. The van der Waals surface area contributed by atoms with E-state index in [9.17, 15) is 0 Å². The first-order valence-electron chi connectivity index (χ1n) is 7.94. The summed E-state index contributed by atoms with van der Waals surface area (Å²) >= 11 is 11.9. The molecule has 144 valence electrons. The maximum atomic E-state index is 6.06. The Kier molecular flexibility index (Phi) is 10.0. The van der Waals surface area contributed by atoms with Gasteiger partial charge in [-0.25, -0.2) is 4.98 Å². The van der Waals surface area contributed by atoms with Gasteiger partial charge >= 0.3 is 0 Å². The molecular weight excluding hydrogens is 490 g/mol. The Morgan fingerprint density at radius 3 is 2.62 bits per heavy atom. The maximum absolute atomic E-state index is 6.06. The minimum atomic E-state index is 0. The van der Waals surface area contributed by atoms with Gasteiger partial charge in [0.25, 0.3) is 0 Å². The third kappa shape index (κ3) is 7.16. The second-order valence-electron chi connectivity index (χ2n) is 5.64. The van der Waals surface area contributed by atoms with Crippen LogP contribution in [-0.2, 0) is 6.54 Å². The van der Waals surface area contributed by atoms with Crippen LogP contribution in [-0.4, -0.2) is 36.2 Å². The van der Waals surface area contributed by atoms with E-state index in [0.717, 1.165) is 11.5 Å². The Morgan fingerprint density at radius 1 is 1.23 bits per heavy atom. The third-order valence-corrected chi connectivity index (χ3v) is 3.83. The molecule has 0 saturated heterocycles. The van der Waals surface area contributed by atoms with E-state index in [1.54, 1.807) is 19.3 Å². The lowest BCUT2D eigenvalue weighted by Gasteiger charge is -2.12. The SMILES string of the molecule is CN=C(NCCNc1ncc(Cl)cc1Cl)NCc1cc(C(C)C)no1.I. The molecule has 26 heavy (non-hydrogen) atoms. The summed E-state index contributed by atoms with van der Waals surface area (Å²) in [6, 6.07) is 3.59. The fourth-order valence-corrected chi connectivity index (χ4v) is 2.43. The Hall–Kier alpha value is -1.26. The molecule has 0 aliphatic heterocycles. The zero-order valence-corrected chi connectivity index (χ0v) is 18.7. The number of aliphatic imine (C=N–C) groups is 1. The molecule has 0 bridgehead atoms. The largest absolute Gasteiger partial charge is 0.367 e. The van der Waals surface area contributed by atoms with Crippen molar-refractivity contribution in [3.63, 3.8) is 0 Å². The van der Waals surface area contributed by atoms with Crippen LogP contribution in [0.3, 0.4) is 0 Å². The van der Waals surface area contributed by atoms with Gasteiger partial charge in [-0.2, -0.15) is 0 Å². The van der Waals surface area contributed by atoms with E-state index in [4.69, 9.17) is 27.7 Å². The summed E-state index contributed by atoms with van der Waals surface area (Å²) in [4.78, 5) is 8.30. The molecule has 3 N–H and O–H groups in total. The van der Waals surface area contributed by atoms with Crippen molar-refractivity contribution in [1.29, 1.82) is 0 Å². The van der Waals surface area contributed by atoms with Gasteiger partial charge in [0, 0.05) is 32.4 Å². The summed E-state index contributed by atoms with van der Waals surface area (Å²) in [6.07, 6.45) is 1.55. The Morgan fingerprint density at radius 2 is 2.00 bits per heavy atom. The van der Waals surface area contributed by atoms with Crippen molar-refractivity contribution < 1.29 is 4.52 Å². The molecule has 0 saturated carbocycles. The van der Waals surface area contributed by atoms with Gasteiger partial charge in [0.1, 0.15) is 5.82 Å². The van der Waals surface area contributed by atoms with Crippen molar-refractivity contribution in [2.24, 2.45) is 4.99 Å². The van der Waals surface area contributed by atoms with E-state index < -0.39 is 0 Å². The summed E-state index contributed by atoms with van der Waals surface area (Å²) in [5.41, 5.74) is 0.941. The molecule has 0 aliphatic carbocycles. The van der Waals surface area contributed by atoms with E-state index in [0.29, 0.717) is 47.4 Å². The van der Waals surface area contributed by atoms with E-state index in [2.05, 4.69) is 44.9 Å². The molecule has 2 heterocycles. The molecule has 10 heteroatoms. The van der Waals surface area contributed by atoms with Gasteiger partial charge in [-0.15, -0.1) is 24.0 Å². The van der Waals surface area contributed by atoms with Gasteiger partial charge in [0.15, 0.2) is 11.7 Å². The number of nitrogens with one attached hydrogen (secondary N) is 3. The van der Waals surface area contributed by atoms with Crippen molar-refractivity contribution in [3.8, 4) is 0 Å². The molecule has 0 fully saturated rings. The summed E-state index contributed by atoms with van der Waals surface area (Å²) in [5.74, 6) is 2.37. The highest BCUT2D eigenvalue weighted by Crippen LogP contribution is 2.22. The number of halogens is 3. The Bertz CT molecular complexity index is 723. The zero-order chi connectivity index (χ0) is 18.2. The van der Waals surface area contributed by atoms with Crippen LogP contribution in [0.5, 0.6) is 0 Å².